The van der Waals surface area contributed by atoms with Crippen LogP contribution in [0.3, 0.4) is 0 Å². The topological polar surface area (TPSA) is 85.6 Å². The summed E-state index contributed by atoms with van der Waals surface area (Å²) in [7, 11) is 1.93. The largest absolute Gasteiger partial charge is 0.454 e. The normalized spacial score (nSPS) is 12.4. The van der Waals surface area contributed by atoms with Crippen LogP contribution in [-0.2, 0) is 20.0 Å². The monoisotopic (exact) mass is 484 g/mol. The fourth-order valence-electron chi connectivity index (χ4n) is 2.50. The Balaban J connectivity index is 0.00000261. The highest BCUT2D eigenvalue weighted by Gasteiger charge is 2.13. The number of aryl methyl sites for hydroxylation is 1. The number of fused-ring (bicyclic) bond motifs is 1. The van der Waals surface area contributed by atoms with Crippen molar-refractivity contribution in [2.45, 2.75) is 19.9 Å². The number of nitrogens with zero attached hydrogens (tertiary/aromatic N) is 4. The van der Waals surface area contributed by atoms with Crippen LogP contribution in [0.15, 0.2) is 35.8 Å². The lowest BCUT2D eigenvalue weighted by Gasteiger charge is -2.11. The number of nitrogens with one attached hydrogen (secondary N) is 2. The number of ether oxygens (including phenoxy) is 2. The van der Waals surface area contributed by atoms with Gasteiger partial charge in [0.05, 0.1) is 0 Å². The average Bonchev–Trinajstić information content (AvgIpc) is 3.24. The Morgan fingerprint density at radius 2 is 2.11 bits per heavy atom. The molecule has 27 heavy (non-hydrogen) atoms. The van der Waals surface area contributed by atoms with E-state index in [2.05, 4.69) is 32.4 Å². The molecule has 0 bridgehead atoms. The number of rotatable bonds is 7. The van der Waals surface area contributed by atoms with Crippen molar-refractivity contribution < 1.29 is 9.47 Å². The number of benzene rings is 1. The molecule has 2 heterocycles. The zero-order valence-corrected chi connectivity index (χ0v) is 17.9. The molecule has 1 aliphatic rings. The molecule has 1 aromatic heterocycles. The molecular formula is C18H25IN6O2. The lowest BCUT2D eigenvalue weighted by atomic mass is 10.1. The molecule has 1 aromatic carbocycles. The van der Waals surface area contributed by atoms with Crippen molar-refractivity contribution in [2.24, 2.45) is 12.0 Å². The first-order valence-corrected chi connectivity index (χ1v) is 8.54. The fraction of sp³-hybridized carbons (Fsp3) is 0.389. The SMILES string of the molecule is C=CCNC(=NCc1nnc(C)n1C)NCCc1ccc2c(c1)OCO2.I. The Hall–Kier alpha value is -2.30. The van der Waals surface area contributed by atoms with Gasteiger partial charge in [0.15, 0.2) is 23.3 Å². The smallest absolute Gasteiger partial charge is 0.231 e. The first-order chi connectivity index (χ1) is 12.7. The minimum Gasteiger partial charge on any atom is -0.454 e. The summed E-state index contributed by atoms with van der Waals surface area (Å²) in [5, 5.41) is 14.7. The van der Waals surface area contributed by atoms with Crippen LogP contribution in [0.5, 0.6) is 11.5 Å². The molecule has 0 spiro atoms. The van der Waals surface area contributed by atoms with E-state index in [1.54, 1.807) is 6.08 Å². The van der Waals surface area contributed by atoms with Gasteiger partial charge < -0.3 is 24.7 Å². The number of aromatic nitrogens is 3. The molecule has 146 valence electrons. The highest BCUT2D eigenvalue weighted by atomic mass is 127. The first-order valence-electron chi connectivity index (χ1n) is 8.54. The molecule has 2 aromatic rings. The lowest BCUT2D eigenvalue weighted by molar-refractivity contribution is 0.174. The van der Waals surface area contributed by atoms with E-state index in [-0.39, 0.29) is 24.0 Å². The minimum atomic E-state index is 0. The Labute approximate surface area is 176 Å². The van der Waals surface area contributed by atoms with Crippen LogP contribution in [0.4, 0.5) is 0 Å². The van der Waals surface area contributed by atoms with Crippen molar-refractivity contribution in [1.29, 1.82) is 0 Å². The maximum atomic E-state index is 5.42. The van der Waals surface area contributed by atoms with Crippen LogP contribution in [0.2, 0.25) is 0 Å². The van der Waals surface area contributed by atoms with Crippen LogP contribution >= 0.6 is 24.0 Å². The van der Waals surface area contributed by atoms with Gasteiger partial charge in [0.25, 0.3) is 0 Å². The van der Waals surface area contributed by atoms with Crippen molar-refractivity contribution in [3.05, 3.63) is 48.1 Å². The van der Waals surface area contributed by atoms with E-state index < -0.39 is 0 Å². The van der Waals surface area contributed by atoms with Crippen LogP contribution in [0, 0.1) is 6.92 Å². The molecule has 1 aliphatic heterocycles. The molecule has 0 saturated heterocycles. The standard InChI is InChI=1S/C18H24N6O2.HI/c1-4-8-19-18(21-11-17-23-22-13(2)24(17)3)20-9-7-14-5-6-15-16(10-14)26-12-25-15;/h4-6,10H,1,7-9,11-12H2,2-3H3,(H2,19,20,21);1H. The van der Waals surface area contributed by atoms with Gasteiger partial charge in [-0.2, -0.15) is 0 Å². The van der Waals surface area contributed by atoms with E-state index in [0.717, 1.165) is 36.1 Å². The summed E-state index contributed by atoms with van der Waals surface area (Å²) in [6, 6.07) is 6.00. The van der Waals surface area contributed by atoms with Gasteiger partial charge in [0, 0.05) is 20.1 Å². The number of hydrogen-bond acceptors (Lipinski definition) is 5. The van der Waals surface area contributed by atoms with E-state index in [4.69, 9.17) is 9.47 Å². The Kier molecular flexibility index (Phi) is 7.89. The Bertz CT molecular complexity index is 805. The van der Waals surface area contributed by atoms with Gasteiger partial charge in [0.2, 0.25) is 6.79 Å². The van der Waals surface area contributed by atoms with E-state index in [1.807, 2.05) is 36.7 Å². The number of guanidine groups is 1. The third-order valence-electron chi connectivity index (χ3n) is 4.12. The molecule has 3 rings (SSSR count). The predicted molar refractivity (Wildman–Crippen MR) is 115 cm³/mol. The second-order valence-electron chi connectivity index (χ2n) is 5.92. The highest BCUT2D eigenvalue weighted by Crippen LogP contribution is 2.32. The molecule has 0 amide bonds. The first kappa shape index (κ1) is 21.0. The summed E-state index contributed by atoms with van der Waals surface area (Å²) in [6.07, 6.45) is 2.63. The number of halogens is 1. The van der Waals surface area contributed by atoms with E-state index in [9.17, 15) is 0 Å². The molecule has 8 nitrogen and oxygen atoms in total. The zero-order valence-electron chi connectivity index (χ0n) is 15.6. The number of aliphatic imine (C=N–C) groups is 1. The fourth-order valence-corrected chi connectivity index (χ4v) is 2.50. The third-order valence-corrected chi connectivity index (χ3v) is 4.12. The summed E-state index contributed by atoms with van der Waals surface area (Å²) in [6.45, 7) is 7.76. The summed E-state index contributed by atoms with van der Waals surface area (Å²) >= 11 is 0. The van der Waals surface area contributed by atoms with Gasteiger partial charge in [-0.25, -0.2) is 4.99 Å². The van der Waals surface area contributed by atoms with Crippen molar-refractivity contribution in [1.82, 2.24) is 25.4 Å². The van der Waals surface area contributed by atoms with Gasteiger partial charge in [-0.15, -0.1) is 40.8 Å². The second-order valence-corrected chi connectivity index (χ2v) is 5.92. The van der Waals surface area contributed by atoms with Gasteiger partial charge in [-0.1, -0.05) is 12.1 Å². The lowest BCUT2D eigenvalue weighted by Crippen LogP contribution is -2.38. The average molecular weight is 484 g/mol. The molecule has 0 unspecified atom stereocenters. The van der Waals surface area contributed by atoms with Crippen LogP contribution in [0.1, 0.15) is 17.2 Å². The molecule has 9 heteroatoms. The molecular weight excluding hydrogens is 459 g/mol. The molecule has 2 N–H and O–H groups in total. The summed E-state index contributed by atoms with van der Waals surface area (Å²) in [4.78, 5) is 4.57. The van der Waals surface area contributed by atoms with Crippen molar-refractivity contribution in [2.75, 3.05) is 19.9 Å². The molecule has 0 aliphatic carbocycles. The van der Waals surface area contributed by atoms with E-state index in [1.165, 1.54) is 5.56 Å². The quantitative estimate of drug-likeness (QED) is 0.271. The van der Waals surface area contributed by atoms with E-state index in [0.29, 0.717) is 25.8 Å². The van der Waals surface area contributed by atoms with Crippen LogP contribution in [0.25, 0.3) is 0 Å². The van der Waals surface area contributed by atoms with Gasteiger partial charge >= 0.3 is 0 Å². The van der Waals surface area contributed by atoms with Crippen molar-refractivity contribution >= 4 is 29.9 Å². The summed E-state index contributed by atoms with van der Waals surface area (Å²) in [5.41, 5.74) is 1.17. The zero-order chi connectivity index (χ0) is 18.4. The van der Waals surface area contributed by atoms with Crippen LogP contribution < -0.4 is 20.1 Å². The molecule has 0 atom stereocenters. The minimum absolute atomic E-state index is 0. The predicted octanol–water partition coefficient (Wildman–Crippen LogP) is 1.93. The maximum absolute atomic E-state index is 5.42. The van der Waals surface area contributed by atoms with Gasteiger partial charge in [-0.05, 0) is 31.0 Å². The maximum Gasteiger partial charge on any atom is 0.231 e. The Morgan fingerprint density at radius 3 is 2.85 bits per heavy atom. The van der Waals surface area contributed by atoms with Crippen molar-refractivity contribution in [3.8, 4) is 11.5 Å². The second kappa shape index (κ2) is 10.1. The third kappa shape index (κ3) is 5.59. The van der Waals surface area contributed by atoms with E-state index >= 15 is 0 Å². The highest BCUT2D eigenvalue weighted by molar-refractivity contribution is 14.0. The summed E-state index contributed by atoms with van der Waals surface area (Å²) < 4.78 is 12.7. The van der Waals surface area contributed by atoms with Gasteiger partial charge in [-0.3, -0.25) is 0 Å². The Morgan fingerprint density at radius 1 is 1.30 bits per heavy atom. The number of hydrogen-bond donors (Lipinski definition) is 2. The molecule has 0 saturated carbocycles. The molecule has 0 fully saturated rings. The van der Waals surface area contributed by atoms with Crippen LogP contribution in [-0.4, -0.2) is 40.6 Å². The van der Waals surface area contributed by atoms with Crippen molar-refractivity contribution in [3.63, 3.8) is 0 Å². The summed E-state index contributed by atoms with van der Waals surface area (Å²) in [5.74, 6) is 4.00. The van der Waals surface area contributed by atoms with Gasteiger partial charge in [0.1, 0.15) is 12.4 Å². The molecule has 0 radical (unpaired) electrons.